The van der Waals surface area contributed by atoms with Crippen LogP contribution in [0.15, 0.2) is 24.3 Å². The Balaban J connectivity index is 1.47. The molecule has 0 radical (unpaired) electrons. The van der Waals surface area contributed by atoms with Crippen LogP contribution in [-0.4, -0.2) is 58.8 Å². The molecule has 1 saturated carbocycles. The normalized spacial score (nSPS) is 22.2. The van der Waals surface area contributed by atoms with Crippen LogP contribution in [0.1, 0.15) is 50.2 Å². The van der Waals surface area contributed by atoms with E-state index in [1.807, 2.05) is 34.9 Å². The number of thioether (sulfide) groups is 1. The Morgan fingerprint density at radius 3 is 2.79 bits per heavy atom. The SMILES string of the molecule is CCS[C@@H]1CC[C@H](N(C)CC(=O)NCc2ccccc2CN2CCCC2=O)C1. The topological polar surface area (TPSA) is 52.7 Å². The number of nitrogens with zero attached hydrogens (tertiary/aromatic N) is 2. The van der Waals surface area contributed by atoms with E-state index in [-0.39, 0.29) is 11.8 Å². The third-order valence-electron chi connectivity index (χ3n) is 5.90. The highest BCUT2D eigenvalue weighted by atomic mass is 32.2. The van der Waals surface area contributed by atoms with E-state index in [4.69, 9.17) is 0 Å². The molecule has 1 aliphatic heterocycles. The highest BCUT2D eigenvalue weighted by Gasteiger charge is 2.28. The minimum Gasteiger partial charge on any atom is -0.351 e. The molecule has 0 spiro atoms. The molecule has 1 aliphatic carbocycles. The predicted octanol–water partition coefficient (Wildman–Crippen LogP) is 3.03. The van der Waals surface area contributed by atoms with Crippen molar-refractivity contribution >= 4 is 23.6 Å². The van der Waals surface area contributed by atoms with Crippen LogP contribution in [0.25, 0.3) is 0 Å². The first-order valence-corrected chi connectivity index (χ1v) is 11.5. The molecule has 2 amide bonds. The van der Waals surface area contributed by atoms with Gasteiger partial charge < -0.3 is 10.2 Å². The summed E-state index contributed by atoms with van der Waals surface area (Å²) in [6.45, 7) is 4.66. The monoisotopic (exact) mass is 403 g/mol. The van der Waals surface area contributed by atoms with E-state index in [1.165, 1.54) is 25.0 Å². The molecule has 2 aliphatic rings. The quantitative estimate of drug-likeness (QED) is 0.689. The van der Waals surface area contributed by atoms with E-state index in [0.717, 1.165) is 29.3 Å². The molecule has 154 valence electrons. The van der Waals surface area contributed by atoms with Gasteiger partial charge in [-0.1, -0.05) is 31.2 Å². The highest BCUT2D eigenvalue weighted by molar-refractivity contribution is 7.99. The summed E-state index contributed by atoms with van der Waals surface area (Å²) < 4.78 is 0. The lowest BCUT2D eigenvalue weighted by Crippen LogP contribution is -2.39. The minimum atomic E-state index is 0.0705. The number of hydrogen-bond donors (Lipinski definition) is 1. The maximum atomic E-state index is 12.5. The number of likely N-dealkylation sites (N-methyl/N-ethyl adjacent to an activating group) is 1. The number of hydrogen-bond acceptors (Lipinski definition) is 4. The second-order valence-electron chi connectivity index (χ2n) is 7.92. The summed E-state index contributed by atoms with van der Waals surface area (Å²) in [6, 6.07) is 8.61. The molecular formula is C22H33N3O2S. The Bertz CT molecular complexity index is 682. The lowest BCUT2D eigenvalue weighted by Gasteiger charge is -2.24. The molecule has 2 atom stereocenters. The molecular weight excluding hydrogens is 370 g/mol. The summed E-state index contributed by atoms with van der Waals surface area (Å²) in [6.07, 6.45) is 5.24. The van der Waals surface area contributed by atoms with Crippen molar-refractivity contribution in [3.05, 3.63) is 35.4 Å². The van der Waals surface area contributed by atoms with Crippen molar-refractivity contribution in [3.63, 3.8) is 0 Å². The Morgan fingerprint density at radius 1 is 1.29 bits per heavy atom. The van der Waals surface area contributed by atoms with E-state index in [9.17, 15) is 9.59 Å². The summed E-state index contributed by atoms with van der Waals surface area (Å²) >= 11 is 2.05. The molecule has 0 unspecified atom stereocenters. The summed E-state index contributed by atoms with van der Waals surface area (Å²) in [7, 11) is 2.07. The van der Waals surface area contributed by atoms with Crippen LogP contribution < -0.4 is 5.32 Å². The van der Waals surface area contributed by atoms with Crippen LogP contribution in [0, 0.1) is 0 Å². The number of amides is 2. The van der Waals surface area contributed by atoms with Gasteiger partial charge in [0.1, 0.15) is 0 Å². The number of rotatable bonds is 9. The summed E-state index contributed by atoms with van der Waals surface area (Å²) in [5, 5.41) is 3.83. The summed E-state index contributed by atoms with van der Waals surface area (Å²) in [5.41, 5.74) is 2.22. The van der Waals surface area contributed by atoms with Crippen LogP contribution in [-0.2, 0) is 22.7 Å². The van der Waals surface area contributed by atoms with Crippen molar-refractivity contribution in [3.8, 4) is 0 Å². The van der Waals surface area contributed by atoms with E-state index < -0.39 is 0 Å². The van der Waals surface area contributed by atoms with Crippen LogP contribution in [0.2, 0.25) is 0 Å². The Labute approximate surface area is 173 Å². The molecule has 3 rings (SSSR count). The number of carbonyl (C=O) groups is 2. The van der Waals surface area contributed by atoms with Crippen molar-refractivity contribution in [2.24, 2.45) is 0 Å². The van der Waals surface area contributed by atoms with Gasteiger partial charge in [-0.3, -0.25) is 14.5 Å². The minimum absolute atomic E-state index is 0.0705. The molecule has 1 saturated heterocycles. The Morgan fingerprint density at radius 2 is 2.07 bits per heavy atom. The lowest BCUT2D eigenvalue weighted by atomic mass is 10.1. The smallest absolute Gasteiger partial charge is 0.234 e. The maximum absolute atomic E-state index is 12.5. The van der Waals surface area contributed by atoms with Gasteiger partial charge >= 0.3 is 0 Å². The number of benzene rings is 1. The zero-order valence-electron chi connectivity index (χ0n) is 17.2. The molecule has 1 aromatic carbocycles. The molecule has 6 heteroatoms. The third kappa shape index (κ3) is 5.74. The Kier molecular flexibility index (Phi) is 7.80. The second kappa shape index (κ2) is 10.3. The van der Waals surface area contributed by atoms with Gasteiger partial charge in [0.2, 0.25) is 11.8 Å². The average Bonchev–Trinajstić information content (AvgIpc) is 3.31. The van der Waals surface area contributed by atoms with Crippen molar-refractivity contribution in [2.45, 2.75) is 63.4 Å². The van der Waals surface area contributed by atoms with Crippen molar-refractivity contribution in [1.29, 1.82) is 0 Å². The van der Waals surface area contributed by atoms with E-state index in [1.54, 1.807) is 0 Å². The fraction of sp³-hybridized carbons (Fsp3) is 0.636. The fourth-order valence-electron chi connectivity index (χ4n) is 4.27. The molecule has 1 N–H and O–H groups in total. The first-order valence-electron chi connectivity index (χ1n) is 10.5. The van der Waals surface area contributed by atoms with E-state index >= 15 is 0 Å². The molecule has 1 aromatic rings. The summed E-state index contributed by atoms with van der Waals surface area (Å²) in [4.78, 5) is 28.5. The van der Waals surface area contributed by atoms with Crippen LogP contribution >= 0.6 is 11.8 Å². The molecule has 0 aromatic heterocycles. The maximum Gasteiger partial charge on any atom is 0.234 e. The summed E-state index contributed by atoms with van der Waals surface area (Å²) in [5.74, 6) is 1.47. The standard InChI is InChI=1S/C22H33N3O2S/c1-3-28-20-11-10-19(13-20)24(2)16-21(26)23-14-17-7-4-5-8-18(17)15-25-12-6-9-22(25)27/h4-5,7-8,19-20H,3,6,9-16H2,1-2H3,(H,23,26)/t19-,20+/m0/s1. The van der Waals surface area contributed by atoms with Gasteiger partial charge in [-0.2, -0.15) is 11.8 Å². The van der Waals surface area contributed by atoms with Crippen molar-refractivity contribution in [2.75, 3.05) is 25.9 Å². The van der Waals surface area contributed by atoms with Gasteiger partial charge in [0.05, 0.1) is 6.54 Å². The lowest BCUT2D eigenvalue weighted by molar-refractivity contribution is -0.128. The second-order valence-corrected chi connectivity index (χ2v) is 9.50. The van der Waals surface area contributed by atoms with Crippen LogP contribution in [0.5, 0.6) is 0 Å². The molecule has 1 heterocycles. The van der Waals surface area contributed by atoms with E-state index in [0.29, 0.717) is 32.1 Å². The number of likely N-dealkylation sites (tertiary alicyclic amines) is 1. The molecule has 5 nitrogen and oxygen atoms in total. The predicted molar refractivity (Wildman–Crippen MR) is 115 cm³/mol. The first-order chi connectivity index (χ1) is 13.6. The molecule has 2 fully saturated rings. The van der Waals surface area contributed by atoms with Gasteiger partial charge in [-0.15, -0.1) is 0 Å². The van der Waals surface area contributed by atoms with E-state index in [2.05, 4.69) is 30.3 Å². The number of nitrogens with one attached hydrogen (secondary N) is 1. The first kappa shape index (κ1) is 21.2. The van der Waals surface area contributed by atoms with Gasteiger partial charge in [0.15, 0.2) is 0 Å². The van der Waals surface area contributed by atoms with Crippen molar-refractivity contribution in [1.82, 2.24) is 15.1 Å². The third-order valence-corrected chi connectivity index (χ3v) is 7.14. The highest BCUT2D eigenvalue weighted by Crippen LogP contribution is 2.32. The largest absolute Gasteiger partial charge is 0.351 e. The van der Waals surface area contributed by atoms with Gasteiger partial charge in [-0.05, 0) is 49.6 Å². The van der Waals surface area contributed by atoms with Gasteiger partial charge in [0, 0.05) is 37.3 Å². The van der Waals surface area contributed by atoms with Crippen LogP contribution in [0.3, 0.4) is 0 Å². The van der Waals surface area contributed by atoms with Crippen LogP contribution in [0.4, 0.5) is 0 Å². The number of carbonyl (C=O) groups excluding carboxylic acids is 2. The Hall–Kier alpha value is -1.53. The zero-order chi connectivity index (χ0) is 19.9. The van der Waals surface area contributed by atoms with Gasteiger partial charge in [0.25, 0.3) is 0 Å². The average molecular weight is 404 g/mol. The van der Waals surface area contributed by atoms with Crippen molar-refractivity contribution < 1.29 is 9.59 Å². The fourth-order valence-corrected chi connectivity index (χ4v) is 5.40. The molecule has 0 bridgehead atoms. The van der Waals surface area contributed by atoms with Gasteiger partial charge in [-0.25, -0.2) is 0 Å². The zero-order valence-corrected chi connectivity index (χ0v) is 18.0. The molecule has 28 heavy (non-hydrogen) atoms.